The van der Waals surface area contributed by atoms with Crippen LogP contribution in [0.3, 0.4) is 0 Å². The number of quaternary nitrogens is 1. The lowest BCUT2D eigenvalue weighted by atomic mass is 10.1. The van der Waals surface area contributed by atoms with Crippen molar-refractivity contribution in [2.75, 3.05) is 0 Å². The maximum atomic E-state index is 10.5. The quantitative estimate of drug-likeness (QED) is 0.607. The lowest BCUT2D eigenvalue weighted by Crippen LogP contribution is -2.39. The smallest absolute Gasteiger partial charge is 0.326 e. The third kappa shape index (κ3) is 7.27. The highest BCUT2D eigenvalue weighted by Gasteiger charge is 2.16. The molecule has 0 saturated heterocycles. The topological polar surface area (TPSA) is 103 Å². The van der Waals surface area contributed by atoms with Crippen LogP contribution in [0.4, 0.5) is 0 Å². The predicted octanol–water partition coefficient (Wildman–Crippen LogP) is 1.14. The van der Waals surface area contributed by atoms with Gasteiger partial charge in [-0.25, -0.2) is 4.79 Å². The summed E-state index contributed by atoms with van der Waals surface area (Å²) in [6, 6.07) is -0.720. The SMILES string of the molecule is CCCC[C@H](NC(C)=O)C(=O)O.[NH4+]. The molecule has 5 heteroatoms. The number of aliphatic carboxylic acids is 1. The van der Waals surface area contributed by atoms with Crippen LogP contribution in [0.1, 0.15) is 33.1 Å². The largest absolute Gasteiger partial charge is 0.480 e. The number of amides is 1. The molecule has 0 aliphatic rings. The van der Waals surface area contributed by atoms with Crippen molar-refractivity contribution in [3.05, 3.63) is 0 Å². The second-order valence-corrected chi connectivity index (χ2v) is 2.73. The van der Waals surface area contributed by atoms with Gasteiger partial charge in [0, 0.05) is 6.92 Å². The molecule has 13 heavy (non-hydrogen) atoms. The van der Waals surface area contributed by atoms with Gasteiger partial charge in [-0.05, 0) is 6.42 Å². The second kappa shape index (κ2) is 7.54. The molecule has 0 unspecified atom stereocenters. The molecule has 0 aromatic rings. The van der Waals surface area contributed by atoms with E-state index in [9.17, 15) is 9.59 Å². The van der Waals surface area contributed by atoms with Gasteiger partial charge >= 0.3 is 5.97 Å². The average molecular weight is 191 g/mol. The van der Waals surface area contributed by atoms with E-state index in [1.807, 2.05) is 6.92 Å². The summed E-state index contributed by atoms with van der Waals surface area (Å²) >= 11 is 0. The first-order valence-electron chi connectivity index (χ1n) is 4.07. The van der Waals surface area contributed by atoms with Gasteiger partial charge in [0.25, 0.3) is 0 Å². The zero-order chi connectivity index (χ0) is 9.56. The van der Waals surface area contributed by atoms with Crippen molar-refractivity contribution in [3.8, 4) is 0 Å². The molecule has 0 aromatic carbocycles. The maximum Gasteiger partial charge on any atom is 0.326 e. The molecular weight excluding hydrogens is 172 g/mol. The Bertz CT molecular complexity index is 171. The molecular formula is C8H19N2O3+. The highest BCUT2D eigenvalue weighted by Crippen LogP contribution is 2.00. The van der Waals surface area contributed by atoms with Gasteiger partial charge in [0.15, 0.2) is 0 Å². The number of carboxylic acid groups (broad SMARTS) is 1. The Morgan fingerprint density at radius 2 is 2.00 bits per heavy atom. The van der Waals surface area contributed by atoms with E-state index in [4.69, 9.17) is 5.11 Å². The van der Waals surface area contributed by atoms with Crippen LogP contribution >= 0.6 is 0 Å². The van der Waals surface area contributed by atoms with Crippen LogP contribution in [-0.4, -0.2) is 23.0 Å². The Morgan fingerprint density at radius 3 is 2.31 bits per heavy atom. The number of carbonyl (C=O) groups excluding carboxylic acids is 1. The lowest BCUT2D eigenvalue weighted by Gasteiger charge is -2.11. The Morgan fingerprint density at radius 1 is 1.46 bits per heavy atom. The Labute approximate surface area is 78.1 Å². The van der Waals surface area contributed by atoms with Crippen LogP contribution in [-0.2, 0) is 9.59 Å². The molecule has 1 atom stereocenters. The highest BCUT2D eigenvalue weighted by atomic mass is 16.4. The summed E-state index contributed by atoms with van der Waals surface area (Å²) in [6.07, 6.45) is 2.26. The molecule has 78 valence electrons. The molecule has 0 bridgehead atoms. The first-order chi connectivity index (χ1) is 5.57. The standard InChI is InChI=1S/C8H15NO3.H3N/c1-3-4-5-7(8(11)12)9-6(2)10;/h7H,3-5H2,1-2H3,(H,9,10)(H,11,12);1H3/p+1/t7-;/m0./s1. The highest BCUT2D eigenvalue weighted by molar-refractivity contribution is 5.81. The van der Waals surface area contributed by atoms with Crippen LogP contribution < -0.4 is 11.5 Å². The summed E-state index contributed by atoms with van der Waals surface area (Å²) in [5.41, 5.74) is 0. The number of rotatable bonds is 5. The first-order valence-corrected chi connectivity index (χ1v) is 4.07. The van der Waals surface area contributed by atoms with Crippen LogP contribution in [0.2, 0.25) is 0 Å². The zero-order valence-corrected chi connectivity index (χ0v) is 8.46. The number of hydrogen-bond donors (Lipinski definition) is 3. The molecule has 0 heterocycles. The summed E-state index contributed by atoms with van der Waals surface area (Å²) in [7, 11) is 0. The molecule has 0 saturated carbocycles. The second-order valence-electron chi connectivity index (χ2n) is 2.73. The lowest BCUT2D eigenvalue weighted by molar-refractivity contribution is -0.141. The van der Waals surface area contributed by atoms with Crippen LogP contribution in [0.5, 0.6) is 0 Å². The van der Waals surface area contributed by atoms with Gasteiger partial charge in [0.1, 0.15) is 6.04 Å². The fraction of sp³-hybridized carbons (Fsp3) is 0.750. The molecule has 0 radical (unpaired) electrons. The minimum Gasteiger partial charge on any atom is -0.480 e. The fourth-order valence-electron chi connectivity index (χ4n) is 0.911. The Balaban J connectivity index is 0. The molecule has 0 aliphatic heterocycles. The van der Waals surface area contributed by atoms with E-state index in [-0.39, 0.29) is 12.1 Å². The van der Waals surface area contributed by atoms with Crippen molar-refractivity contribution < 1.29 is 14.7 Å². The van der Waals surface area contributed by atoms with Crippen LogP contribution in [0.25, 0.3) is 0 Å². The van der Waals surface area contributed by atoms with Crippen molar-refractivity contribution in [1.82, 2.24) is 11.5 Å². The van der Waals surface area contributed by atoms with Gasteiger partial charge < -0.3 is 16.6 Å². The van der Waals surface area contributed by atoms with Gasteiger partial charge in [-0.1, -0.05) is 19.8 Å². The number of carbonyl (C=O) groups is 2. The summed E-state index contributed by atoms with van der Waals surface area (Å²) in [6.45, 7) is 3.30. The van der Waals surface area contributed by atoms with Crippen molar-refractivity contribution in [1.29, 1.82) is 0 Å². The fourth-order valence-corrected chi connectivity index (χ4v) is 0.911. The molecule has 0 spiro atoms. The van der Waals surface area contributed by atoms with Gasteiger partial charge in [0.2, 0.25) is 5.91 Å². The molecule has 1 amide bonds. The van der Waals surface area contributed by atoms with Crippen molar-refractivity contribution in [3.63, 3.8) is 0 Å². The number of unbranched alkanes of at least 4 members (excludes halogenated alkanes) is 1. The molecule has 6 N–H and O–H groups in total. The van der Waals surface area contributed by atoms with E-state index in [0.29, 0.717) is 6.42 Å². The monoisotopic (exact) mass is 191 g/mol. The van der Waals surface area contributed by atoms with Crippen molar-refractivity contribution in [2.45, 2.75) is 39.2 Å². The molecule has 0 aromatic heterocycles. The predicted molar refractivity (Wildman–Crippen MR) is 50.8 cm³/mol. The van der Waals surface area contributed by atoms with E-state index in [1.165, 1.54) is 6.92 Å². The van der Waals surface area contributed by atoms with E-state index in [1.54, 1.807) is 0 Å². The third-order valence-electron chi connectivity index (χ3n) is 1.52. The van der Waals surface area contributed by atoms with E-state index >= 15 is 0 Å². The first kappa shape index (κ1) is 14.4. The summed E-state index contributed by atoms with van der Waals surface area (Å²) in [4.78, 5) is 21.1. The van der Waals surface area contributed by atoms with E-state index in [0.717, 1.165) is 12.8 Å². The number of hydrogen-bond acceptors (Lipinski definition) is 2. The van der Waals surface area contributed by atoms with Crippen LogP contribution in [0.15, 0.2) is 0 Å². The van der Waals surface area contributed by atoms with Crippen LogP contribution in [0, 0.1) is 0 Å². The Hall–Kier alpha value is -1.10. The van der Waals surface area contributed by atoms with Crippen molar-refractivity contribution in [2.24, 2.45) is 0 Å². The average Bonchev–Trinajstić information content (AvgIpc) is 1.96. The summed E-state index contributed by atoms with van der Waals surface area (Å²) in [5, 5.41) is 11.0. The van der Waals surface area contributed by atoms with E-state index < -0.39 is 12.0 Å². The summed E-state index contributed by atoms with van der Waals surface area (Å²) < 4.78 is 0. The van der Waals surface area contributed by atoms with Gasteiger partial charge in [-0.15, -0.1) is 0 Å². The minimum atomic E-state index is -0.960. The zero-order valence-electron chi connectivity index (χ0n) is 8.46. The molecule has 0 rings (SSSR count). The molecule has 0 aliphatic carbocycles. The van der Waals surface area contributed by atoms with Gasteiger partial charge in [0.05, 0.1) is 0 Å². The third-order valence-corrected chi connectivity index (χ3v) is 1.52. The number of carboxylic acids is 1. The summed E-state index contributed by atoms with van der Waals surface area (Å²) in [5.74, 6) is -1.25. The molecule has 5 nitrogen and oxygen atoms in total. The minimum absolute atomic E-state index is 0. The van der Waals surface area contributed by atoms with Gasteiger partial charge in [-0.2, -0.15) is 0 Å². The van der Waals surface area contributed by atoms with Gasteiger partial charge in [-0.3, -0.25) is 4.79 Å². The normalized spacial score (nSPS) is 11.2. The maximum absolute atomic E-state index is 10.5. The number of nitrogens with one attached hydrogen (secondary N) is 1. The van der Waals surface area contributed by atoms with Crippen molar-refractivity contribution >= 4 is 11.9 Å². The van der Waals surface area contributed by atoms with E-state index in [2.05, 4.69) is 5.32 Å². The molecule has 0 fully saturated rings. The Kier molecular flexibility index (Phi) is 8.37.